The number of ether oxygens (including phenoxy) is 1. The molecule has 0 bridgehead atoms. The van der Waals surface area contributed by atoms with E-state index < -0.39 is 0 Å². The van der Waals surface area contributed by atoms with Crippen LogP contribution in [0.15, 0.2) is 18.2 Å². The van der Waals surface area contributed by atoms with E-state index in [0.717, 1.165) is 12.0 Å². The minimum atomic E-state index is -0.252. The molecule has 0 radical (unpaired) electrons. The van der Waals surface area contributed by atoms with Gasteiger partial charge in [0, 0.05) is 0 Å². The molecule has 16 heavy (non-hydrogen) atoms. The SMILES string of the molecule is CCCCCc1ccc(C(=O)OC)c(C)c1. The molecule has 0 aliphatic rings. The molecule has 0 saturated carbocycles. The predicted octanol–water partition coefficient (Wildman–Crippen LogP) is 3.51. The van der Waals surface area contributed by atoms with E-state index in [9.17, 15) is 4.79 Å². The monoisotopic (exact) mass is 220 g/mol. The maximum Gasteiger partial charge on any atom is 0.338 e. The van der Waals surface area contributed by atoms with E-state index in [2.05, 4.69) is 13.0 Å². The Kier molecular flexibility index (Phi) is 5.03. The highest BCUT2D eigenvalue weighted by Crippen LogP contribution is 2.14. The third-order valence-corrected chi connectivity index (χ3v) is 2.77. The summed E-state index contributed by atoms with van der Waals surface area (Å²) in [6.45, 7) is 4.15. The predicted molar refractivity (Wildman–Crippen MR) is 65.7 cm³/mol. The van der Waals surface area contributed by atoms with Gasteiger partial charge < -0.3 is 4.74 Å². The first-order valence-corrected chi connectivity index (χ1v) is 5.87. The molecule has 2 nitrogen and oxygen atoms in total. The van der Waals surface area contributed by atoms with Crippen LogP contribution in [-0.4, -0.2) is 13.1 Å². The largest absolute Gasteiger partial charge is 0.465 e. The van der Waals surface area contributed by atoms with Gasteiger partial charge >= 0.3 is 5.97 Å². The quantitative estimate of drug-likeness (QED) is 0.560. The van der Waals surface area contributed by atoms with E-state index in [4.69, 9.17) is 4.74 Å². The lowest BCUT2D eigenvalue weighted by molar-refractivity contribution is 0.0600. The molecule has 0 amide bonds. The number of hydrogen-bond donors (Lipinski definition) is 0. The minimum absolute atomic E-state index is 0.252. The Bertz CT molecular complexity index is 356. The molecule has 0 atom stereocenters. The zero-order chi connectivity index (χ0) is 12.0. The number of unbranched alkanes of at least 4 members (excludes halogenated alkanes) is 2. The van der Waals surface area contributed by atoms with Crippen molar-refractivity contribution in [2.24, 2.45) is 0 Å². The molecule has 0 aromatic heterocycles. The standard InChI is InChI=1S/C14H20O2/c1-4-5-6-7-12-8-9-13(11(2)10-12)14(15)16-3/h8-10H,4-7H2,1-3H3. The number of esters is 1. The molecular formula is C14H20O2. The van der Waals surface area contributed by atoms with Crippen LogP contribution in [0.4, 0.5) is 0 Å². The van der Waals surface area contributed by atoms with Gasteiger partial charge in [-0.05, 0) is 37.0 Å². The topological polar surface area (TPSA) is 26.3 Å². The minimum Gasteiger partial charge on any atom is -0.465 e. The van der Waals surface area contributed by atoms with Crippen LogP contribution >= 0.6 is 0 Å². The van der Waals surface area contributed by atoms with Crippen LogP contribution in [0.5, 0.6) is 0 Å². The summed E-state index contributed by atoms with van der Waals surface area (Å²) in [5.74, 6) is -0.252. The molecule has 2 heteroatoms. The number of hydrogen-bond acceptors (Lipinski definition) is 2. The van der Waals surface area contributed by atoms with Crippen LogP contribution in [0.25, 0.3) is 0 Å². The summed E-state index contributed by atoms with van der Waals surface area (Å²) < 4.78 is 4.72. The molecule has 0 aliphatic carbocycles. The van der Waals surface area contributed by atoms with Gasteiger partial charge in [-0.25, -0.2) is 4.79 Å². The Labute approximate surface area is 97.6 Å². The van der Waals surface area contributed by atoms with E-state index in [1.807, 2.05) is 19.1 Å². The Morgan fingerprint density at radius 2 is 2.06 bits per heavy atom. The van der Waals surface area contributed by atoms with E-state index >= 15 is 0 Å². The Morgan fingerprint density at radius 3 is 2.62 bits per heavy atom. The number of carbonyl (C=O) groups is 1. The van der Waals surface area contributed by atoms with Gasteiger partial charge in [-0.15, -0.1) is 0 Å². The van der Waals surface area contributed by atoms with Crippen molar-refractivity contribution in [1.29, 1.82) is 0 Å². The lowest BCUT2D eigenvalue weighted by atomic mass is 10.0. The highest BCUT2D eigenvalue weighted by atomic mass is 16.5. The zero-order valence-electron chi connectivity index (χ0n) is 10.4. The van der Waals surface area contributed by atoms with E-state index in [1.54, 1.807) is 0 Å². The fraction of sp³-hybridized carbons (Fsp3) is 0.500. The summed E-state index contributed by atoms with van der Waals surface area (Å²) in [5.41, 5.74) is 2.97. The lowest BCUT2D eigenvalue weighted by Gasteiger charge is -2.06. The zero-order valence-corrected chi connectivity index (χ0v) is 10.4. The van der Waals surface area contributed by atoms with Gasteiger partial charge in [-0.2, -0.15) is 0 Å². The van der Waals surface area contributed by atoms with E-state index in [0.29, 0.717) is 5.56 Å². The lowest BCUT2D eigenvalue weighted by Crippen LogP contribution is -2.04. The summed E-state index contributed by atoms with van der Waals surface area (Å²) in [6.07, 6.45) is 4.81. The number of rotatable bonds is 5. The van der Waals surface area contributed by atoms with Crippen molar-refractivity contribution < 1.29 is 9.53 Å². The molecule has 0 spiro atoms. The average Bonchev–Trinajstić information content (AvgIpc) is 2.29. The molecular weight excluding hydrogens is 200 g/mol. The second-order valence-electron chi connectivity index (χ2n) is 4.10. The molecule has 1 aromatic carbocycles. The van der Waals surface area contributed by atoms with Crippen LogP contribution in [-0.2, 0) is 11.2 Å². The van der Waals surface area contributed by atoms with Crippen LogP contribution in [0, 0.1) is 6.92 Å². The maximum atomic E-state index is 11.4. The van der Waals surface area contributed by atoms with Gasteiger partial charge in [0.25, 0.3) is 0 Å². The summed E-state index contributed by atoms with van der Waals surface area (Å²) in [5, 5.41) is 0. The third kappa shape index (κ3) is 3.37. The molecule has 0 fully saturated rings. The smallest absolute Gasteiger partial charge is 0.338 e. The molecule has 0 aliphatic heterocycles. The van der Waals surface area contributed by atoms with Crippen molar-refractivity contribution in [3.05, 3.63) is 34.9 Å². The van der Waals surface area contributed by atoms with Crippen molar-refractivity contribution in [3.8, 4) is 0 Å². The fourth-order valence-electron chi connectivity index (χ4n) is 1.80. The van der Waals surface area contributed by atoms with Crippen LogP contribution in [0.2, 0.25) is 0 Å². The number of aryl methyl sites for hydroxylation is 2. The molecule has 0 unspecified atom stereocenters. The maximum absolute atomic E-state index is 11.4. The fourth-order valence-corrected chi connectivity index (χ4v) is 1.80. The molecule has 0 saturated heterocycles. The second kappa shape index (κ2) is 6.31. The summed E-state index contributed by atoms with van der Waals surface area (Å²) in [6, 6.07) is 5.97. The number of benzene rings is 1. The third-order valence-electron chi connectivity index (χ3n) is 2.77. The van der Waals surface area contributed by atoms with Crippen molar-refractivity contribution >= 4 is 5.97 Å². The van der Waals surface area contributed by atoms with Gasteiger partial charge in [0.15, 0.2) is 0 Å². The van der Waals surface area contributed by atoms with Crippen molar-refractivity contribution in [3.63, 3.8) is 0 Å². The molecule has 1 aromatic rings. The van der Waals surface area contributed by atoms with Gasteiger partial charge in [0.1, 0.15) is 0 Å². The van der Waals surface area contributed by atoms with Crippen LogP contribution < -0.4 is 0 Å². The Balaban J connectivity index is 2.71. The highest BCUT2D eigenvalue weighted by Gasteiger charge is 2.08. The first kappa shape index (κ1) is 12.8. The molecule has 88 valence electrons. The Hall–Kier alpha value is -1.31. The van der Waals surface area contributed by atoms with Gasteiger partial charge in [0.2, 0.25) is 0 Å². The van der Waals surface area contributed by atoms with Gasteiger partial charge in [-0.1, -0.05) is 31.9 Å². The van der Waals surface area contributed by atoms with E-state index in [1.165, 1.54) is 31.9 Å². The molecule has 1 rings (SSSR count). The first-order valence-electron chi connectivity index (χ1n) is 5.87. The average molecular weight is 220 g/mol. The van der Waals surface area contributed by atoms with Gasteiger partial charge in [-0.3, -0.25) is 0 Å². The van der Waals surface area contributed by atoms with Crippen LogP contribution in [0.1, 0.15) is 47.7 Å². The van der Waals surface area contributed by atoms with E-state index in [-0.39, 0.29) is 5.97 Å². The highest BCUT2D eigenvalue weighted by molar-refractivity contribution is 5.90. The normalized spacial score (nSPS) is 10.2. The van der Waals surface area contributed by atoms with Crippen molar-refractivity contribution in [2.45, 2.75) is 39.5 Å². The summed E-state index contributed by atoms with van der Waals surface area (Å²) in [4.78, 5) is 11.4. The van der Waals surface area contributed by atoms with Gasteiger partial charge in [0.05, 0.1) is 12.7 Å². The Morgan fingerprint density at radius 1 is 1.31 bits per heavy atom. The van der Waals surface area contributed by atoms with Crippen LogP contribution in [0.3, 0.4) is 0 Å². The second-order valence-corrected chi connectivity index (χ2v) is 4.10. The van der Waals surface area contributed by atoms with Crippen molar-refractivity contribution in [1.82, 2.24) is 0 Å². The number of carbonyl (C=O) groups excluding carboxylic acids is 1. The molecule has 0 N–H and O–H groups in total. The summed E-state index contributed by atoms with van der Waals surface area (Å²) >= 11 is 0. The van der Waals surface area contributed by atoms with Crippen molar-refractivity contribution in [2.75, 3.05) is 7.11 Å². The molecule has 0 heterocycles. The summed E-state index contributed by atoms with van der Waals surface area (Å²) in [7, 11) is 1.41. The number of methoxy groups -OCH3 is 1. The first-order chi connectivity index (χ1) is 7.69.